The van der Waals surface area contributed by atoms with Crippen molar-refractivity contribution in [3.05, 3.63) is 58.1 Å². The molecule has 34 heavy (non-hydrogen) atoms. The minimum atomic E-state index is -3.71. The molecule has 1 aliphatic heterocycles. The van der Waals surface area contributed by atoms with Gasteiger partial charge in [0.05, 0.1) is 18.8 Å². The van der Waals surface area contributed by atoms with Gasteiger partial charge in [-0.25, -0.2) is 12.7 Å². The number of carbonyl (C=O) groups excluding carboxylic acids is 1. The number of benzene rings is 2. The fraction of sp³-hybridized carbons (Fsp3) is 0.318. The predicted octanol–water partition coefficient (Wildman–Crippen LogP) is 4.70. The number of amides is 1. The van der Waals surface area contributed by atoms with Gasteiger partial charge in [0.25, 0.3) is 0 Å². The van der Waals surface area contributed by atoms with Gasteiger partial charge in [-0.2, -0.15) is 0 Å². The number of piperidine rings is 1. The zero-order chi connectivity index (χ0) is 24.3. The topological polar surface area (TPSA) is 101 Å². The van der Waals surface area contributed by atoms with Crippen molar-refractivity contribution in [1.29, 1.82) is 0 Å². The molecule has 4 rings (SSSR count). The van der Waals surface area contributed by atoms with Gasteiger partial charge < -0.3 is 10.1 Å². The standard InChI is InChI=1S/C22H22Cl2N4O4S2/c1-32-16-9-7-14(8-10-16)21-26-27-22(33-21)25-20(29)15-4-3-11-28(12-15)34(30,31)13-17-18(23)5-2-6-19(17)24/h2,5-10,15H,3-4,11-13H2,1H3,(H,25,27,29). The van der Waals surface area contributed by atoms with Crippen molar-refractivity contribution in [2.75, 3.05) is 25.5 Å². The number of nitrogens with zero attached hydrogens (tertiary/aromatic N) is 3. The molecule has 1 aliphatic rings. The van der Waals surface area contributed by atoms with E-state index in [0.717, 1.165) is 11.3 Å². The number of halogens is 2. The van der Waals surface area contributed by atoms with Crippen LogP contribution in [0.25, 0.3) is 10.6 Å². The molecule has 1 atom stereocenters. The van der Waals surface area contributed by atoms with Gasteiger partial charge in [-0.1, -0.05) is 40.6 Å². The van der Waals surface area contributed by atoms with E-state index >= 15 is 0 Å². The summed E-state index contributed by atoms with van der Waals surface area (Å²) in [5.41, 5.74) is 1.21. The molecule has 3 aromatic rings. The minimum Gasteiger partial charge on any atom is -0.497 e. The van der Waals surface area contributed by atoms with Crippen LogP contribution in [-0.2, 0) is 20.6 Å². The summed E-state index contributed by atoms with van der Waals surface area (Å²) in [6, 6.07) is 12.2. The van der Waals surface area contributed by atoms with Crippen LogP contribution in [0.2, 0.25) is 10.0 Å². The van der Waals surface area contributed by atoms with Crippen LogP contribution in [0.15, 0.2) is 42.5 Å². The average Bonchev–Trinajstić information content (AvgIpc) is 3.30. The summed E-state index contributed by atoms with van der Waals surface area (Å²) in [4.78, 5) is 12.9. The monoisotopic (exact) mass is 540 g/mol. The summed E-state index contributed by atoms with van der Waals surface area (Å²) in [7, 11) is -2.12. The number of sulfonamides is 1. The van der Waals surface area contributed by atoms with E-state index in [0.29, 0.717) is 45.1 Å². The first-order valence-corrected chi connectivity index (χ1v) is 13.6. The number of aromatic nitrogens is 2. The summed E-state index contributed by atoms with van der Waals surface area (Å²) < 4.78 is 32.6. The Morgan fingerprint density at radius 3 is 2.56 bits per heavy atom. The molecule has 1 aromatic heterocycles. The molecule has 1 amide bonds. The molecule has 1 fully saturated rings. The number of methoxy groups -OCH3 is 1. The van der Waals surface area contributed by atoms with Crippen LogP contribution in [0, 0.1) is 5.92 Å². The van der Waals surface area contributed by atoms with E-state index in [4.69, 9.17) is 27.9 Å². The van der Waals surface area contributed by atoms with Crippen LogP contribution in [0.4, 0.5) is 5.13 Å². The van der Waals surface area contributed by atoms with Gasteiger partial charge in [-0.15, -0.1) is 10.2 Å². The van der Waals surface area contributed by atoms with Crippen molar-refractivity contribution >= 4 is 55.6 Å². The minimum absolute atomic E-state index is 0.0837. The molecule has 0 bridgehead atoms. The quantitative estimate of drug-likeness (QED) is 0.465. The van der Waals surface area contributed by atoms with E-state index in [1.807, 2.05) is 24.3 Å². The first-order chi connectivity index (χ1) is 16.3. The summed E-state index contributed by atoms with van der Waals surface area (Å²) in [5.74, 6) is -0.372. The highest BCUT2D eigenvalue weighted by Gasteiger charge is 2.33. The lowest BCUT2D eigenvalue weighted by molar-refractivity contribution is -0.120. The van der Waals surface area contributed by atoms with Gasteiger partial charge in [-0.3, -0.25) is 4.79 Å². The Morgan fingerprint density at radius 1 is 1.18 bits per heavy atom. The normalized spacial score (nSPS) is 16.9. The molecule has 1 unspecified atom stereocenters. The molecule has 180 valence electrons. The van der Waals surface area contributed by atoms with Gasteiger partial charge in [0.15, 0.2) is 0 Å². The highest BCUT2D eigenvalue weighted by atomic mass is 35.5. The SMILES string of the molecule is COc1ccc(-c2nnc(NC(=O)C3CCCN(S(=O)(=O)Cc4c(Cl)cccc4Cl)C3)s2)cc1. The van der Waals surface area contributed by atoms with Crippen LogP contribution >= 0.6 is 34.5 Å². The smallest absolute Gasteiger partial charge is 0.230 e. The Kier molecular flexibility index (Phi) is 7.73. The van der Waals surface area contributed by atoms with Crippen LogP contribution in [0.1, 0.15) is 18.4 Å². The number of carbonyl (C=O) groups is 1. The Balaban J connectivity index is 1.41. The highest BCUT2D eigenvalue weighted by molar-refractivity contribution is 7.88. The molecular formula is C22H22Cl2N4O4S2. The van der Waals surface area contributed by atoms with E-state index in [9.17, 15) is 13.2 Å². The number of rotatable bonds is 7. The molecule has 1 saturated heterocycles. The third kappa shape index (κ3) is 5.69. The van der Waals surface area contributed by atoms with Crippen LogP contribution in [-0.4, -0.2) is 49.0 Å². The Labute approximate surface area is 211 Å². The van der Waals surface area contributed by atoms with E-state index in [-0.39, 0.29) is 18.2 Å². The Morgan fingerprint density at radius 2 is 1.88 bits per heavy atom. The number of hydrogen-bond donors (Lipinski definition) is 1. The lowest BCUT2D eigenvalue weighted by Crippen LogP contribution is -2.44. The molecule has 8 nitrogen and oxygen atoms in total. The predicted molar refractivity (Wildman–Crippen MR) is 134 cm³/mol. The molecule has 1 N–H and O–H groups in total. The molecule has 0 spiro atoms. The first kappa shape index (κ1) is 24.9. The van der Waals surface area contributed by atoms with Crippen molar-refractivity contribution in [2.24, 2.45) is 5.92 Å². The van der Waals surface area contributed by atoms with Crippen molar-refractivity contribution in [3.8, 4) is 16.3 Å². The Hall–Kier alpha value is -2.24. The lowest BCUT2D eigenvalue weighted by Gasteiger charge is -2.31. The summed E-state index contributed by atoms with van der Waals surface area (Å²) >= 11 is 13.6. The number of ether oxygens (including phenoxy) is 1. The summed E-state index contributed by atoms with van der Waals surface area (Å²) in [5, 5.41) is 12.6. The van der Waals surface area contributed by atoms with Gasteiger partial charge in [0.1, 0.15) is 10.8 Å². The molecule has 2 heterocycles. The zero-order valence-corrected chi connectivity index (χ0v) is 21.3. The average molecular weight is 541 g/mol. The second-order valence-electron chi connectivity index (χ2n) is 7.78. The fourth-order valence-electron chi connectivity index (χ4n) is 3.68. The van der Waals surface area contributed by atoms with Gasteiger partial charge >= 0.3 is 0 Å². The van der Waals surface area contributed by atoms with Gasteiger partial charge in [-0.05, 0) is 49.2 Å². The number of nitrogens with one attached hydrogen (secondary N) is 1. The van der Waals surface area contributed by atoms with Gasteiger partial charge in [0, 0.05) is 34.3 Å². The second kappa shape index (κ2) is 10.6. The number of hydrogen-bond acceptors (Lipinski definition) is 7. The maximum atomic E-state index is 13.0. The van der Waals surface area contributed by atoms with Crippen molar-refractivity contribution in [3.63, 3.8) is 0 Å². The van der Waals surface area contributed by atoms with E-state index in [1.54, 1.807) is 25.3 Å². The largest absolute Gasteiger partial charge is 0.497 e. The summed E-state index contributed by atoms with van der Waals surface area (Å²) in [6.07, 6.45) is 1.15. The van der Waals surface area contributed by atoms with Gasteiger partial charge in [0.2, 0.25) is 21.1 Å². The van der Waals surface area contributed by atoms with Crippen molar-refractivity contribution in [2.45, 2.75) is 18.6 Å². The molecule has 12 heteroatoms. The molecule has 0 saturated carbocycles. The molecule has 2 aromatic carbocycles. The van der Waals surface area contributed by atoms with Crippen LogP contribution < -0.4 is 10.1 Å². The zero-order valence-electron chi connectivity index (χ0n) is 18.2. The van der Waals surface area contributed by atoms with Crippen molar-refractivity contribution in [1.82, 2.24) is 14.5 Å². The second-order valence-corrected chi connectivity index (χ2v) is 11.5. The van der Waals surface area contributed by atoms with E-state index in [2.05, 4.69) is 15.5 Å². The van der Waals surface area contributed by atoms with E-state index in [1.165, 1.54) is 15.6 Å². The maximum absolute atomic E-state index is 13.0. The van der Waals surface area contributed by atoms with Crippen LogP contribution in [0.5, 0.6) is 5.75 Å². The lowest BCUT2D eigenvalue weighted by atomic mass is 9.99. The Bertz CT molecular complexity index is 1260. The fourth-order valence-corrected chi connectivity index (χ4v) is 6.80. The molecule has 0 aliphatic carbocycles. The highest BCUT2D eigenvalue weighted by Crippen LogP contribution is 2.31. The molecular weight excluding hydrogens is 519 g/mol. The number of anilines is 1. The summed E-state index contributed by atoms with van der Waals surface area (Å²) in [6.45, 7) is 0.426. The van der Waals surface area contributed by atoms with Crippen LogP contribution in [0.3, 0.4) is 0 Å². The van der Waals surface area contributed by atoms with Crippen molar-refractivity contribution < 1.29 is 17.9 Å². The first-order valence-electron chi connectivity index (χ1n) is 10.5. The third-order valence-electron chi connectivity index (χ3n) is 5.53. The third-order valence-corrected chi connectivity index (χ3v) is 8.90. The maximum Gasteiger partial charge on any atom is 0.230 e. The van der Waals surface area contributed by atoms with E-state index < -0.39 is 15.9 Å². The molecule has 0 radical (unpaired) electrons.